The lowest BCUT2D eigenvalue weighted by atomic mass is 10.5. The summed E-state index contributed by atoms with van der Waals surface area (Å²) in [4.78, 5) is 0. The largest absolute Gasteiger partial charge is 0.466 e. The molecule has 0 atom stereocenters. The van der Waals surface area contributed by atoms with E-state index in [2.05, 4.69) is 6.92 Å². The van der Waals surface area contributed by atoms with Gasteiger partial charge < -0.3 is 4.42 Å². The van der Waals surface area contributed by atoms with E-state index < -0.39 is 0 Å². The minimum Gasteiger partial charge on any atom is -0.466 e. The second-order valence-corrected chi connectivity index (χ2v) is 3.42. The zero-order chi connectivity index (χ0) is 7.40. The van der Waals surface area contributed by atoms with Crippen molar-refractivity contribution in [1.29, 1.82) is 0 Å². The van der Waals surface area contributed by atoms with Crippen molar-refractivity contribution in [3.8, 4) is 0 Å². The molecular weight excluding hydrogens is 144 g/mol. The quantitative estimate of drug-likeness (QED) is 0.667. The summed E-state index contributed by atoms with van der Waals surface area (Å²) in [6.45, 7) is 4.13. The van der Waals surface area contributed by atoms with Crippen LogP contribution < -0.4 is 0 Å². The van der Waals surface area contributed by atoms with Crippen LogP contribution in [0.2, 0.25) is 0 Å². The molecule has 0 aliphatic rings. The summed E-state index contributed by atoms with van der Waals surface area (Å²) in [6, 6.07) is 4.05. The van der Waals surface area contributed by atoms with Gasteiger partial charge in [0.05, 0.1) is 5.75 Å². The fourth-order valence-electron chi connectivity index (χ4n) is 0.765. The van der Waals surface area contributed by atoms with Crippen molar-refractivity contribution in [2.45, 2.75) is 19.6 Å². The highest BCUT2D eigenvalue weighted by Gasteiger charge is 1.95. The Balaban J connectivity index is 2.42. The van der Waals surface area contributed by atoms with Crippen LogP contribution in [-0.2, 0) is 5.75 Å². The molecule has 1 rings (SSSR count). The summed E-state index contributed by atoms with van der Waals surface area (Å²) in [5, 5.41) is 0. The lowest BCUT2D eigenvalue weighted by Gasteiger charge is -1.91. The van der Waals surface area contributed by atoms with Gasteiger partial charge in [0, 0.05) is 0 Å². The van der Waals surface area contributed by atoms with E-state index in [1.165, 1.54) is 0 Å². The molecule has 10 heavy (non-hydrogen) atoms. The number of furan rings is 1. The van der Waals surface area contributed by atoms with Crippen molar-refractivity contribution < 1.29 is 4.42 Å². The number of thioether (sulfide) groups is 1. The molecule has 0 N–H and O–H groups in total. The molecule has 2 heteroatoms. The van der Waals surface area contributed by atoms with Gasteiger partial charge in [-0.25, -0.2) is 0 Å². The van der Waals surface area contributed by atoms with Gasteiger partial charge in [0.2, 0.25) is 0 Å². The first-order valence-electron chi connectivity index (χ1n) is 3.46. The van der Waals surface area contributed by atoms with Gasteiger partial charge in [-0.3, -0.25) is 0 Å². The van der Waals surface area contributed by atoms with Crippen LogP contribution in [0.15, 0.2) is 16.5 Å². The standard InChI is InChI=1S/C8H12OS/c1-3-10-6-8-5-4-7(2)9-8/h4-5H,3,6H2,1-2H3. The third kappa shape index (κ3) is 2.10. The molecular formula is C8H12OS. The van der Waals surface area contributed by atoms with Crippen LogP contribution in [0.3, 0.4) is 0 Å². The van der Waals surface area contributed by atoms with Crippen molar-refractivity contribution in [2.24, 2.45) is 0 Å². The number of hydrogen-bond acceptors (Lipinski definition) is 2. The maximum Gasteiger partial charge on any atom is 0.114 e. The topological polar surface area (TPSA) is 13.1 Å². The smallest absolute Gasteiger partial charge is 0.114 e. The molecule has 0 fully saturated rings. The highest BCUT2D eigenvalue weighted by atomic mass is 32.2. The average molecular weight is 156 g/mol. The molecule has 56 valence electrons. The van der Waals surface area contributed by atoms with Gasteiger partial charge in [-0.2, -0.15) is 11.8 Å². The van der Waals surface area contributed by atoms with E-state index in [1.54, 1.807) is 0 Å². The molecule has 1 aromatic heterocycles. The van der Waals surface area contributed by atoms with Crippen molar-refractivity contribution in [2.75, 3.05) is 5.75 Å². The predicted molar refractivity (Wildman–Crippen MR) is 45.3 cm³/mol. The number of aryl methyl sites for hydroxylation is 1. The maximum absolute atomic E-state index is 5.36. The molecule has 1 nitrogen and oxygen atoms in total. The van der Waals surface area contributed by atoms with Gasteiger partial charge in [-0.05, 0) is 24.8 Å². The van der Waals surface area contributed by atoms with E-state index in [4.69, 9.17) is 4.42 Å². The number of rotatable bonds is 3. The Hall–Kier alpha value is -0.370. The van der Waals surface area contributed by atoms with E-state index in [0.29, 0.717) is 0 Å². The second-order valence-electron chi connectivity index (χ2n) is 2.15. The average Bonchev–Trinajstić information content (AvgIpc) is 2.31. The third-order valence-electron chi connectivity index (χ3n) is 1.24. The van der Waals surface area contributed by atoms with Gasteiger partial charge in [-0.15, -0.1) is 0 Å². The first-order chi connectivity index (χ1) is 4.83. The summed E-state index contributed by atoms with van der Waals surface area (Å²) in [5.41, 5.74) is 0. The lowest BCUT2D eigenvalue weighted by molar-refractivity contribution is 0.501. The Morgan fingerprint density at radius 3 is 2.80 bits per heavy atom. The van der Waals surface area contributed by atoms with Crippen molar-refractivity contribution in [1.82, 2.24) is 0 Å². The molecule has 0 amide bonds. The van der Waals surface area contributed by atoms with Crippen LogP contribution in [0.4, 0.5) is 0 Å². The Bertz CT molecular complexity index is 193. The zero-order valence-corrected chi connectivity index (χ0v) is 7.20. The minimum atomic E-state index is 1.00. The van der Waals surface area contributed by atoms with Crippen LogP contribution in [0.25, 0.3) is 0 Å². The van der Waals surface area contributed by atoms with Crippen molar-refractivity contribution in [3.63, 3.8) is 0 Å². The van der Waals surface area contributed by atoms with Gasteiger partial charge in [0.15, 0.2) is 0 Å². The Morgan fingerprint density at radius 2 is 2.30 bits per heavy atom. The molecule has 0 aromatic carbocycles. The fourth-order valence-corrected chi connectivity index (χ4v) is 1.33. The molecule has 0 spiro atoms. The maximum atomic E-state index is 5.36. The van der Waals surface area contributed by atoms with Gasteiger partial charge in [0.1, 0.15) is 11.5 Å². The van der Waals surface area contributed by atoms with E-state index >= 15 is 0 Å². The highest BCUT2D eigenvalue weighted by molar-refractivity contribution is 7.98. The van der Waals surface area contributed by atoms with Gasteiger partial charge >= 0.3 is 0 Å². The van der Waals surface area contributed by atoms with Crippen LogP contribution in [0.5, 0.6) is 0 Å². The molecule has 0 aliphatic heterocycles. The molecule has 0 bridgehead atoms. The summed E-state index contributed by atoms with van der Waals surface area (Å²) in [6.07, 6.45) is 0. The summed E-state index contributed by atoms with van der Waals surface area (Å²) < 4.78 is 5.36. The first-order valence-corrected chi connectivity index (χ1v) is 4.61. The Kier molecular flexibility index (Phi) is 2.87. The summed E-state index contributed by atoms with van der Waals surface area (Å²) in [5.74, 6) is 4.25. The predicted octanol–water partition coefficient (Wildman–Crippen LogP) is 2.84. The number of hydrogen-bond donors (Lipinski definition) is 0. The van der Waals surface area contributed by atoms with Gasteiger partial charge in [0.25, 0.3) is 0 Å². The second kappa shape index (κ2) is 3.71. The van der Waals surface area contributed by atoms with E-state index in [1.807, 2.05) is 30.8 Å². The van der Waals surface area contributed by atoms with E-state index in [0.717, 1.165) is 23.0 Å². The molecule has 0 saturated carbocycles. The first kappa shape index (κ1) is 7.73. The monoisotopic (exact) mass is 156 g/mol. The zero-order valence-electron chi connectivity index (χ0n) is 6.39. The molecule has 0 radical (unpaired) electrons. The molecule has 1 heterocycles. The van der Waals surface area contributed by atoms with Crippen LogP contribution >= 0.6 is 11.8 Å². The van der Waals surface area contributed by atoms with Crippen LogP contribution in [0, 0.1) is 6.92 Å². The lowest BCUT2D eigenvalue weighted by Crippen LogP contribution is -1.74. The molecule has 0 unspecified atom stereocenters. The SMILES string of the molecule is CCSCc1ccc(C)o1. The van der Waals surface area contributed by atoms with Crippen LogP contribution in [-0.4, -0.2) is 5.75 Å². The van der Waals surface area contributed by atoms with E-state index in [-0.39, 0.29) is 0 Å². The fraction of sp³-hybridized carbons (Fsp3) is 0.500. The summed E-state index contributed by atoms with van der Waals surface area (Å²) >= 11 is 1.88. The van der Waals surface area contributed by atoms with E-state index in [9.17, 15) is 0 Å². The third-order valence-corrected chi connectivity index (χ3v) is 2.14. The van der Waals surface area contributed by atoms with Crippen molar-refractivity contribution in [3.05, 3.63) is 23.7 Å². The minimum absolute atomic E-state index is 1.00. The highest BCUT2D eigenvalue weighted by Crippen LogP contribution is 2.13. The normalized spacial score (nSPS) is 10.2. The molecule has 1 aromatic rings. The van der Waals surface area contributed by atoms with Crippen molar-refractivity contribution >= 4 is 11.8 Å². The Labute approximate surface area is 65.8 Å². The molecule has 0 saturated heterocycles. The van der Waals surface area contributed by atoms with Crippen LogP contribution in [0.1, 0.15) is 18.4 Å². The summed E-state index contributed by atoms with van der Waals surface area (Å²) in [7, 11) is 0. The van der Waals surface area contributed by atoms with Gasteiger partial charge in [-0.1, -0.05) is 6.92 Å². The Morgan fingerprint density at radius 1 is 1.50 bits per heavy atom. The molecule has 0 aliphatic carbocycles.